The topological polar surface area (TPSA) is 107 Å². The number of nitrogens with one attached hydrogen (secondary N) is 2. The number of anilines is 2. The molecule has 190 valence electrons. The second kappa shape index (κ2) is 12.1. The van der Waals surface area contributed by atoms with Gasteiger partial charge >= 0.3 is 0 Å². The largest absolute Gasteiger partial charge is 0.495 e. The number of methoxy groups -OCH3 is 1. The third kappa shape index (κ3) is 6.47. The van der Waals surface area contributed by atoms with Gasteiger partial charge in [0.2, 0.25) is 11.8 Å². The van der Waals surface area contributed by atoms with Crippen LogP contribution in [0.15, 0.2) is 78.0 Å². The van der Waals surface area contributed by atoms with Crippen LogP contribution in [0.5, 0.6) is 11.5 Å². The van der Waals surface area contributed by atoms with E-state index in [2.05, 4.69) is 20.8 Å². The average Bonchev–Trinajstić information content (AvgIpc) is 3.32. The zero-order valence-corrected chi connectivity index (χ0v) is 21.5. The lowest BCUT2D eigenvalue weighted by atomic mass is 10.2. The van der Waals surface area contributed by atoms with Crippen LogP contribution in [0.4, 0.5) is 11.4 Å². The quantitative estimate of drug-likeness (QED) is 0.284. The predicted molar refractivity (Wildman–Crippen MR) is 145 cm³/mol. The van der Waals surface area contributed by atoms with Gasteiger partial charge in [0.25, 0.3) is 0 Å². The molecule has 0 radical (unpaired) electrons. The molecule has 0 aliphatic heterocycles. The Morgan fingerprint density at radius 3 is 2.41 bits per heavy atom. The molecule has 9 nitrogen and oxygen atoms in total. The highest BCUT2D eigenvalue weighted by molar-refractivity contribution is 7.99. The lowest BCUT2D eigenvalue weighted by molar-refractivity contribution is -0.114. The zero-order valence-electron chi connectivity index (χ0n) is 20.7. The smallest absolute Gasteiger partial charge is 0.234 e. The van der Waals surface area contributed by atoms with Crippen molar-refractivity contribution >= 4 is 35.0 Å². The first-order valence-electron chi connectivity index (χ1n) is 11.6. The van der Waals surface area contributed by atoms with E-state index in [0.717, 1.165) is 17.0 Å². The van der Waals surface area contributed by atoms with E-state index in [9.17, 15) is 9.59 Å². The maximum Gasteiger partial charge on any atom is 0.234 e. The van der Waals surface area contributed by atoms with Crippen LogP contribution in [-0.2, 0) is 9.59 Å². The summed E-state index contributed by atoms with van der Waals surface area (Å²) >= 11 is 1.26. The van der Waals surface area contributed by atoms with E-state index in [4.69, 9.17) is 9.47 Å². The second-order valence-corrected chi connectivity index (χ2v) is 8.81. The maximum atomic E-state index is 12.9. The Morgan fingerprint density at radius 1 is 0.973 bits per heavy atom. The number of carbonyl (C=O) groups is 2. The highest BCUT2D eigenvalue weighted by Crippen LogP contribution is 2.31. The van der Waals surface area contributed by atoms with Gasteiger partial charge in [0.05, 0.1) is 25.2 Å². The number of aromatic nitrogens is 3. The van der Waals surface area contributed by atoms with Crippen molar-refractivity contribution in [3.05, 3.63) is 72.8 Å². The van der Waals surface area contributed by atoms with E-state index in [-0.39, 0.29) is 17.6 Å². The minimum atomic E-state index is -0.259. The summed E-state index contributed by atoms with van der Waals surface area (Å²) in [6.07, 6.45) is 0. The Labute approximate surface area is 219 Å². The van der Waals surface area contributed by atoms with Gasteiger partial charge in [-0.25, -0.2) is 0 Å². The minimum Gasteiger partial charge on any atom is -0.495 e. The average molecular weight is 518 g/mol. The summed E-state index contributed by atoms with van der Waals surface area (Å²) in [4.78, 5) is 24.3. The minimum absolute atomic E-state index is 0.0808. The molecular weight excluding hydrogens is 490 g/mol. The lowest BCUT2D eigenvalue weighted by Crippen LogP contribution is -2.16. The first-order chi connectivity index (χ1) is 18.0. The monoisotopic (exact) mass is 517 g/mol. The van der Waals surface area contributed by atoms with Gasteiger partial charge in [0.15, 0.2) is 11.0 Å². The van der Waals surface area contributed by atoms with Crippen molar-refractivity contribution in [2.24, 2.45) is 0 Å². The van der Waals surface area contributed by atoms with Crippen LogP contribution >= 0.6 is 11.8 Å². The standard InChI is InChI=1S/C27H27N5O4S/c1-4-36-22-13-11-21(12-14-22)32-26(19-8-6-5-7-9-19)30-31-27(32)37-17-25(34)29-23-16-20(28-18(2)33)10-15-24(23)35-3/h5-16H,4,17H2,1-3H3,(H,28,33)(H,29,34). The van der Waals surface area contributed by atoms with Gasteiger partial charge in [-0.1, -0.05) is 42.1 Å². The van der Waals surface area contributed by atoms with Crippen molar-refractivity contribution in [2.45, 2.75) is 19.0 Å². The number of thioether (sulfide) groups is 1. The van der Waals surface area contributed by atoms with Crippen LogP contribution in [0.25, 0.3) is 17.1 Å². The molecule has 4 rings (SSSR count). The first kappa shape index (κ1) is 25.8. The van der Waals surface area contributed by atoms with Crippen LogP contribution in [0.2, 0.25) is 0 Å². The molecule has 37 heavy (non-hydrogen) atoms. The normalized spacial score (nSPS) is 10.6. The molecule has 0 saturated heterocycles. The van der Waals surface area contributed by atoms with Crippen molar-refractivity contribution in [3.8, 4) is 28.6 Å². The summed E-state index contributed by atoms with van der Waals surface area (Å²) in [5.74, 6) is 1.53. The molecule has 0 bridgehead atoms. The first-order valence-corrected chi connectivity index (χ1v) is 12.6. The zero-order chi connectivity index (χ0) is 26.2. The number of amides is 2. The Balaban J connectivity index is 1.57. The van der Waals surface area contributed by atoms with E-state index in [1.54, 1.807) is 18.2 Å². The highest BCUT2D eigenvalue weighted by Gasteiger charge is 2.18. The summed E-state index contributed by atoms with van der Waals surface area (Å²) in [6.45, 7) is 3.94. The Morgan fingerprint density at radius 2 is 1.73 bits per heavy atom. The van der Waals surface area contributed by atoms with E-state index in [1.807, 2.05) is 66.1 Å². The molecule has 2 amide bonds. The molecule has 0 aliphatic rings. The van der Waals surface area contributed by atoms with Gasteiger partial charge in [-0.05, 0) is 49.4 Å². The highest BCUT2D eigenvalue weighted by atomic mass is 32.2. The number of benzene rings is 3. The van der Waals surface area contributed by atoms with Gasteiger partial charge in [-0.3, -0.25) is 14.2 Å². The molecule has 0 spiro atoms. The van der Waals surface area contributed by atoms with Crippen molar-refractivity contribution < 1.29 is 19.1 Å². The SMILES string of the molecule is CCOc1ccc(-n2c(SCC(=O)Nc3cc(NC(C)=O)ccc3OC)nnc2-c2ccccc2)cc1. The summed E-state index contributed by atoms with van der Waals surface area (Å²) in [5, 5.41) is 14.9. The lowest BCUT2D eigenvalue weighted by Gasteiger charge is -2.13. The molecule has 0 fully saturated rings. The number of nitrogens with zero attached hydrogens (tertiary/aromatic N) is 3. The van der Waals surface area contributed by atoms with Crippen molar-refractivity contribution in [1.29, 1.82) is 0 Å². The van der Waals surface area contributed by atoms with Crippen LogP contribution in [0.1, 0.15) is 13.8 Å². The molecule has 4 aromatic rings. The Hall–Kier alpha value is -4.31. The molecule has 3 aromatic carbocycles. The number of rotatable bonds is 10. The summed E-state index contributed by atoms with van der Waals surface area (Å²) in [6, 6.07) is 22.4. The van der Waals surface area contributed by atoms with Crippen LogP contribution in [-0.4, -0.2) is 46.0 Å². The molecule has 1 heterocycles. The number of hydrogen-bond donors (Lipinski definition) is 2. The summed E-state index contributed by atoms with van der Waals surface area (Å²) in [7, 11) is 1.52. The second-order valence-electron chi connectivity index (χ2n) is 7.87. The Kier molecular flexibility index (Phi) is 8.42. The van der Waals surface area contributed by atoms with Crippen LogP contribution in [0, 0.1) is 0 Å². The fourth-order valence-corrected chi connectivity index (χ4v) is 4.38. The predicted octanol–water partition coefficient (Wildman–Crippen LogP) is 5.03. The number of hydrogen-bond acceptors (Lipinski definition) is 7. The Bertz CT molecular complexity index is 1370. The van der Waals surface area contributed by atoms with E-state index in [1.165, 1.54) is 25.8 Å². The van der Waals surface area contributed by atoms with Gasteiger partial charge < -0.3 is 20.1 Å². The molecule has 2 N–H and O–H groups in total. The number of ether oxygens (including phenoxy) is 2. The van der Waals surface area contributed by atoms with Crippen molar-refractivity contribution in [2.75, 3.05) is 30.1 Å². The van der Waals surface area contributed by atoms with E-state index >= 15 is 0 Å². The van der Waals surface area contributed by atoms with Gasteiger partial charge in [0, 0.05) is 23.9 Å². The molecule has 1 aromatic heterocycles. The van der Waals surface area contributed by atoms with Crippen molar-refractivity contribution in [1.82, 2.24) is 14.8 Å². The molecule has 0 aliphatic carbocycles. The molecule has 0 saturated carbocycles. The van der Waals surface area contributed by atoms with E-state index in [0.29, 0.717) is 34.7 Å². The van der Waals surface area contributed by atoms with Gasteiger partial charge in [-0.2, -0.15) is 0 Å². The fourth-order valence-electron chi connectivity index (χ4n) is 3.63. The number of carbonyl (C=O) groups excluding carboxylic acids is 2. The summed E-state index contributed by atoms with van der Waals surface area (Å²) in [5.41, 5.74) is 2.76. The third-order valence-corrected chi connectivity index (χ3v) is 6.13. The van der Waals surface area contributed by atoms with Crippen LogP contribution in [0.3, 0.4) is 0 Å². The summed E-state index contributed by atoms with van der Waals surface area (Å²) < 4.78 is 12.8. The fraction of sp³-hybridized carbons (Fsp3) is 0.185. The van der Waals surface area contributed by atoms with Gasteiger partial charge in [0.1, 0.15) is 11.5 Å². The van der Waals surface area contributed by atoms with Gasteiger partial charge in [-0.15, -0.1) is 10.2 Å². The molecule has 0 atom stereocenters. The third-order valence-electron chi connectivity index (χ3n) is 5.20. The van der Waals surface area contributed by atoms with E-state index < -0.39 is 0 Å². The maximum absolute atomic E-state index is 12.9. The molecule has 0 unspecified atom stereocenters. The van der Waals surface area contributed by atoms with Crippen molar-refractivity contribution in [3.63, 3.8) is 0 Å². The molecular formula is C27H27N5O4S. The molecule has 10 heteroatoms. The van der Waals surface area contributed by atoms with Crippen LogP contribution < -0.4 is 20.1 Å².